The highest BCUT2D eigenvalue weighted by atomic mass is 16.6. The van der Waals surface area contributed by atoms with E-state index in [0.717, 1.165) is 12.8 Å². The molecule has 7 heteroatoms. The molecule has 0 aliphatic heterocycles. The highest BCUT2D eigenvalue weighted by Crippen LogP contribution is 2.41. The Balaban J connectivity index is 1.44. The first-order valence-electron chi connectivity index (χ1n) is 8.80. The Kier molecular flexibility index (Phi) is 4.27. The smallest absolute Gasteiger partial charge is 0.306 e. The molecule has 25 heavy (non-hydrogen) atoms. The fourth-order valence-corrected chi connectivity index (χ4v) is 3.88. The molecule has 1 saturated carbocycles. The maximum atomic E-state index is 10.7. The molecular formula is C18H22N4O3. The van der Waals surface area contributed by atoms with Crippen molar-refractivity contribution in [1.82, 2.24) is 14.7 Å². The van der Waals surface area contributed by atoms with Gasteiger partial charge in [0, 0.05) is 18.6 Å². The van der Waals surface area contributed by atoms with Crippen molar-refractivity contribution in [3.8, 4) is 0 Å². The van der Waals surface area contributed by atoms with Crippen molar-refractivity contribution in [1.29, 1.82) is 0 Å². The summed E-state index contributed by atoms with van der Waals surface area (Å²) in [6.45, 7) is 0.836. The summed E-state index contributed by atoms with van der Waals surface area (Å²) in [7, 11) is 0. The highest BCUT2D eigenvalue weighted by Gasteiger charge is 2.38. The van der Waals surface area contributed by atoms with Crippen LogP contribution in [0.1, 0.15) is 36.4 Å². The van der Waals surface area contributed by atoms with Crippen molar-refractivity contribution in [3.63, 3.8) is 0 Å². The van der Waals surface area contributed by atoms with E-state index in [9.17, 15) is 15.2 Å². The van der Waals surface area contributed by atoms with Crippen LogP contribution in [0.25, 0.3) is 0 Å². The molecular weight excluding hydrogens is 320 g/mol. The molecule has 7 nitrogen and oxygen atoms in total. The lowest BCUT2D eigenvalue weighted by Gasteiger charge is -2.31. The predicted molar refractivity (Wildman–Crippen MR) is 92.1 cm³/mol. The molecule has 4 rings (SSSR count). The maximum Gasteiger partial charge on any atom is 0.306 e. The molecule has 0 amide bonds. The Bertz CT molecular complexity index is 771. The minimum atomic E-state index is -0.604. The van der Waals surface area contributed by atoms with Crippen LogP contribution in [-0.4, -0.2) is 43.4 Å². The third kappa shape index (κ3) is 3.43. The average molecular weight is 342 g/mol. The number of benzene rings is 1. The second kappa shape index (κ2) is 6.57. The molecule has 1 N–H and O–H groups in total. The zero-order chi connectivity index (χ0) is 17.4. The van der Waals surface area contributed by atoms with Crippen LogP contribution in [0.3, 0.4) is 0 Å². The summed E-state index contributed by atoms with van der Waals surface area (Å²) in [5.74, 6) is 0. The van der Waals surface area contributed by atoms with Gasteiger partial charge >= 0.3 is 5.69 Å². The SMILES string of the molecule is O=[N+]([O-])c1cnn(C[C@H](O)CN(C2CC2)[C@@H]2CCc3ccccc32)c1. The van der Waals surface area contributed by atoms with Crippen molar-refractivity contribution in [2.75, 3.05) is 6.54 Å². The van der Waals surface area contributed by atoms with Crippen molar-refractivity contribution in [2.24, 2.45) is 0 Å². The van der Waals surface area contributed by atoms with Gasteiger partial charge in [-0.15, -0.1) is 0 Å². The van der Waals surface area contributed by atoms with Crippen LogP contribution in [0.4, 0.5) is 5.69 Å². The quantitative estimate of drug-likeness (QED) is 0.616. The second-order valence-corrected chi connectivity index (χ2v) is 7.01. The van der Waals surface area contributed by atoms with Crippen LogP contribution >= 0.6 is 0 Å². The van der Waals surface area contributed by atoms with E-state index in [1.54, 1.807) is 0 Å². The lowest BCUT2D eigenvalue weighted by atomic mass is 10.1. The number of aromatic nitrogens is 2. The largest absolute Gasteiger partial charge is 0.390 e. The number of nitrogens with zero attached hydrogens (tertiary/aromatic N) is 4. The van der Waals surface area contributed by atoms with Gasteiger partial charge in [-0.05, 0) is 36.8 Å². The van der Waals surface area contributed by atoms with Gasteiger partial charge in [-0.3, -0.25) is 19.7 Å². The van der Waals surface area contributed by atoms with Gasteiger partial charge in [0.1, 0.15) is 12.4 Å². The van der Waals surface area contributed by atoms with E-state index >= 15 is 0 Å². The number of rotatable bonds is 7. The summed E-state index contributed by atoms with van der Waals surface area (Å²) in [5, 5.41) is 25.3. The molecule has 2 aliphatic rings. The first-order valence-corrected chi connectivity index (χ1v) is 8.80. The Morgan fingerprint density at radius 1 is 1.36 bits per heavy atom. The molecule has 1 heterocycles. The molecule has 2 aromatic rings. The fourth-order valence-electron chi connectivity index (χ4n) is 3.88. The molecule has 0 saturated heterocycles. The summed E-state index contributed by atoms with van der Waals surface area (Å²) in [5.41, 5.74) is 2.75. The maximum absolute atomic E-state index is 10.7. The molecule has 0 bridgehead atoms. The number of hydrogen-bond acceptors (Lipinski definition) is 5. The summed E-state index contributed by atoms with van der Waals surface area (Å²) in [4.78, 5) is 12.7. The predicted octanol–water partition coefficient (Wildman–Crippen LogP) is 2.30. The van der Waals surface area contributed by atoms with Crippen molar-refractivity contribution in [2.45, 2.75) is 50.4 Å². The molecule has 2 atom stereocenters. The normalized spacial score (nSPS) is 20.6. The Labute approximate surface area is 146 Å². The topological polar surface area (TPSA) is 84.4 Å². The van der Waals surface area contributed by atoms with Gasteiger partial charge in [0.05, 0.1) is 17.6 Å². The van der Waals surface area contributed by atoms with Crippen molar-refractivity contribution >= 4 is 5.69 Å². The van der Waals surface area contributed by atoms with Gasteiger partial charge in [0.2, 0.25) is 0 Å². The summed E-state index contributed by atoms with van der Waals surface area (Å²) in [6.07, 6.45) is 6.53. The minimum absolute atomic E-state index is 0.0454. The average Bonchev–Trinajstić information content (AvgIpc) is 3.17. The molecule has 0 spiro atoms. The van der Waals surface area contributed by atoms with E-state index in [0.29, 0.717) is 18.6 Å². The Hall–Kier alpha value is -2.25. The van der Waals surface area contributed by atoms with Gasteiger partial charge in [-0.25, -0.2) is 0 Å². The fraction of sp³-hybridized carbons (Fsp3) is 0.500. The van der Waals surface area contributed by atoms with Gasteiger partial charge in [-0.1, -0.05) is 24.3 Å². The lowest BCUT2D eigenvalue weighted by molar-refractivity contribution is -0.385. The minimum Gasteiger partial charge on any atom is -0.390 e. The molecule has 0 radical (unpaired) electrons. The van der Waals surface area contributed by atoms with Gasteiger partial charge < -0.3 is 5.11 Å². The number of hydrogen-bond donors (Lipinski definition) is 1. The lowest BCUT2D eigenvalue weighted by Crippen LogP contribution is -2.38. The van der Waals surface area contributed by atoms with E-state index in [1.165, 1.54) is 41.0 Å². The summed E-state index contributed by atoms with van der Waals surface area (Å²) >= 11 is 0. The number of aliphatic hydroxyl groups is 1. The van der Waals surface area contributed by atoms with Crippen LogP contribution in [0, 0.1) is 10.1 Å². The van der Waals surface area contributed by atoms with E-state index in [2.05, 4.69) is 34.3 Å². The van der Waals surface area contributed by atoms with Crippen LogP contribution in [-0.2, 0) is 13.0 Å². The summed E-state index contributed by atoms with van der Waals surface area (Å²) in [6, 6.07) is 9.47. The van der Waals surface area contributed by atoms with Gasteiger partial charge in [0.25, 0.3) is 0 Å². The molecule has 1 aromatic carbocycles. The molecule has 1 aromatic heterocycles. The number of fused-ring (bicyclic) bond motifs is 1. The molecule has 0 unspecified atom stereocenters. The monoisotopic (exact) mass is 342 g/mol. The zero-order valence-corrected chi connectivity index (χ0v) is 14.0. The number of nitro groups is 1. The first kappa shape index (κ1) is 16.2. The second-order valence-electron chi connectivity index (χ2n) is 7.01. The Morgan fingerprint density at radius 2 is 2.16 bits per heavy atom. The molecule has 2 aliphatic carbocycles. The van der Waals surface area contributed by atoms with E-state index in [1.807, 2.05) is 0 Å². The molecule has 132 valence electrons. The highest BCUT2D eigenvalue weighted by molar-refractivity contribution is 5.34. The van der Waals surface area contributed by atoms with E-state index < -0.39 is 11.0 Å². The number of aliphatic hydroxyl groups excluding tert-OH is 1. The first-order chi connectivity index (χ1) is 12.1. The number of aryl methyl sites for hydroxylation is 1. The standard InChI is InChI=1S/C18H22N4O3/c23-16(11-20-10-15(9-19-20)22(24)25)12-21(14-6-7-14)18-8-5-13-3-1-2-4-17(13)18/h1-4,9-10,14,16,18,23H,5-8,11-12H2/t16-,18+/m0/s1. The Morgan fingerprint density at radius 3 is 2.88 bits per heavy atom. The van der Waals surface area contributed by atoms with E-state index in [-0.39, 0.29) is 12.2 Å². The van der Waals surface area contributed by atoms with Crippen LogP contribution in [0.5, 0.6) is 0 Å². The van der Waals surface area contributed by atoms with Crippen molar-refractivity contribution < 1.29 is 10.0 Å². The zero-order valence-electron chi connectivity index (χ0n) is 14.0. The van der Waals surface area contributed by atoms with E-state index in [4.69, 9.17) is 0 Å². The molecule has 1 fully saturated rings. The van der Waals surface area contributed by atoms with Gasteiger partial charge in [-0.2, -0.15) is 5.10 Å². The third-order valence-corrected chi connectivity index (χ3v) is 5.17. The van der Waals surface area contributed by atoms with Crippen LogP contribution in [0.15, 0.2) is 36.7 Å². The third-order valence-electron chi connectivity index (χ3n) is 5.17. The summed E-state index contributed by atoms with van der Waals surface area (Å²) < 4.78 is 1.45. The van der Waals surface area contributed by atoms with Crippen LogP contribution < -0.4 is 0 Å². The van der Waals surface area contributed by atoms with Gasteiger partial charge in [0.15, 0.2) is 0 Å². The van der Waals surface area contributed by atoms with Crippen LogP contribution in [0.2, 0.25) is 0 Å². The van der Waals surface area contributed by atoms with Crippen molar-refractivity contribution in [3.05, 3.63) is 57.9 Å².